The summed E-state index contributed by atoms with van der Waals surface area (Å²) in [4.78, 5) is 11.3. The second kappa shape index (κ2) is 9.34. The standard InChI is InChI=1S/C18H19F2NO3.ClH/c1-2-23-17(22)18(19,20)16(21)14-8-10-15(11-9-14)24-12-13-6-4-3-5-7-13;/h3-11,16H,2,12,21H2,1H3;1H/t16-;/m0./s1. The lowest BCUT2D eigenvalue weighted by Gasteiger charge is -2.22. The van der Waals surface area contributed by atoms with E-state index in [-0.39, 0.29) is 24.6 Å². The van der Waals surface area contributed by atoms with Crippen molar-refractivity contribution >= 4 is 18.4 Å². The second-order valence-corrected chi connectivity index (χ2v) is 5.16. The topological polar surface area (TPSA) is 61.5 Å². The summed E-state index contributed by atoms with van der Waals surface area (Å²) in [5, 5.41) is 0. The van der Waals surface area contributed by atoms with E-state index in [9.17, 15) is 13.6 Å². The van der Waals surface area contributed by atoms with Crippen molar-refractivity contribution < 1.29 is 23.0 Å². The number of benzene rings is 2. The van der Waals surface area contributed by atoms with Gasteiger partial charge < -0.3 is 15.2 Å². The number of esters is 1. The molecule has 0 amide bonds. The molecule has 4 nitrogen and oxygen atoms in total. The van der Waals surface area contributed by atoms with E-state index >= 15 is 0 Å². The number of alkyl halides is 2. The van der Waals surface area contributed by atoms with Gasteiger partial charge in [0.1, 0.15) is 18.4 Å². The van der Waals surface area contributed by atoms with Crippen molar-refractivity contribution in [2.24, 2.45) is 5.73 Å². The highest BCUT2D eigenvalue weighted by molar-refractivity contribution is 5.85. The van der Waals surface area contributed by atoms with Gasteiger partial charge >= 0.3 is 11.9 Å². The number of hydrogen-bond donors (Lipinski definition) is 1. The van der Waals surface area contributed by atoms with Gasteiger partial charge in [0.2, 0.25) is 0 Å². The molecule has 1 atom stereocenters. The smallest absolute Gasteiger partial charge is 0.379 e. The average Bonchev–Trinajstić information content (AvgIpc) is 2.61. The Morgan fingerprint density at radius 1 is 1.12 bits per heavy atom. The molecule has 0 aliphatic heterocycles. The predicted molar refractivity (Wildman–Crippen MR) is 93.0 cm³/mol. The van der Waals surface area contributed by atoms with Crippen LogP contribution >= 0.6 is 12.4 Å². The number of hydrogen-bond acceptors (Lipinski definition) is 4. The van der Waals surface area contributed by atoms with E-state index in [0.717, 1.165) is 5.56 Å². The summed E-state index contributed by atoms with van der Waals surface area (Å²) in [5.74, 6) is -4.89. The quantitative estimate of drug-likeness (QED) is 0.750. The highest BCUT2D eigenvalue weighted by Gasteiger charge is 2.47. The van der Waals surface area contributed by atoms with Crippen molar-refractivity contribution in [2.45, 2.75) is 25.5 Å². The zero-order valence-corrected chi connectivity index (χ0v) is 14.5. The van der Waals surface area contributed by atoms with Gasteiger partial charge in [0, 0.05) is 0 Å². The Bertz CT molecular complexity index is 666. The van der Waals surface area contributed by atoms with Gasteiger partial charge in [-0.2, -0.15) is 8.78 Å². The van der Waals surface area contributed by atoms with Crippen molar-refractivity contribution in [3.63, 3.8) is 0 Å². The number of carbonyl (C=O) groups excluding carboxylic acids is 1. The summed E-state index contributed by atoms with van der Waals surface area (Å²) in [6.07, 6.45) is 0. The first-order chi connectivity index (χ1) is 11.4. The van der Waals surface area contributed by atoms with Gasteiger partial charge in [-0.25, -0.2) is 4.79 Å². The average molecular weight is 372 g/mol. The Morgan fingerprint density at radius 2 is 1.72 bits per heavy atom. The van der Waals surface area contributed by atoms with E-state index in [4.69, 9.17) is 10.5 Å². The van der Waals surface area contributed by atoms with E-state index in [2.05, 4.69) is 4.74 Å². The van der Waals surface area contributed by atoms with Crippen LogP contribution in [0.15, 0.2) is 54.6 Å². The van der Waals surface area contributed by atoms with Gasteiger partial charge in [0.15, 0.2) is 0 Å². The summed E-state index contributed by atoms with van der Waals surface area (Å²) in [7, 11) is 0. The molecule has 0 fully saturated rings. The first-order valence-electron chi connectivity index (χ1n) is 7.52. The van der Waals surface area contributed by atoms with Crippen LogP contribution in [-0.4, -0.2) is 18.5 Å². The minimum Gasteiger partial charge on any atom is -0.489 e. The van der Waals surface area contributed by atoms with Crippen LogP contribution in [0.2, 0.25) is 0 Å². The predicted octanol–water partition coefficient (Wildman–Crippen LogP) is 3.89. The third-order valence-electron chi connectivity index (χ3n) is 3.43. The summed E-state index contributed by atoms with van der Waals surface area (Å²) in [5.41, 5.74) is 6.65. The maximum Gasteiger partial charge on any atom is 0.379 e. The normalized spacial score (nSPS) is 12.0. The summed E-state index contributed by atoms with van der Waals surface area (Å²) in [6, 6.07) is 13.7. The molecule has 25 heavy (non-hydrogen) atoms. The van der Waals surface area contributed by atoms with Gasteiger partial charge in [-0.1, -0.05) is 42.5 Å². The van der Waals surface area contributed by atoms with E-state index in [1.54, 1.807) is 12.1 Å². The molecule has 2 rings (SSSR count). The first-order valence-corrected chi connectivity index (χ1v) is 7.52. The molecular formula is C18H20ClF2NO3. The van der Waals surface area contributed by atoms with Crippen LogP contribution in [0.3, 0.4) is 0 Å². The van der Waals surface area contributed by atoms with Gasteiger partial charge in [-0.05, 0) is 30.2 Å². The maximum atomic E-state index is 13.9. The second-order valence-electron chi connectivity index (χ2n) is 5.16. The molecule has 0 heterocycles. The van der Waals surface area contributed by atoms with Crippen molar-refractivity contribution in [1.82, 2.24) is 0 Å². The molecule has 136 valence electrons. The lowest BCUT2D eigenvalue weighted by Crippen LogP contribution is -2.41. The van der Waals surface area contributed by atoms with Crippen molar-refractivity contribution in [3.8, 4) is 5.75 Å². The fourth-order valence-electron chi connectivity index (χ4n) is 2.08. The fraction of sp³-hybridized carbons (Fsp3) is 0.278. The Balaban J connectivity index is 0.00000312. The molecule has 0 bridgehead atoms. The summed E-state index contributed by atoms with van der Waals surface area (Å²) < 4.78 is 37.8. The van der Waals surface area contributed by atoms with E-state index in [1.807, 2.05) is 30.3 Å². The van der Waals surface area contributed by atoms with E-state index < -0.39 is 17.9 Å². The van der Waals surface area contributed by atoms with Crippen molar-refractivity contribution in [3.05, 3.63) is 65.7 Å². The van der Waals surface area contributed by atoms with Crippen molar-refractivity contribution in [1.29, 1.82) is 0 Å². The lowest BCUT2D eigenvalue weighted by molar-refractivity contribution is -0.174. The van der Waals surface area contributed by atoms with Crippen LogP contribution in [0.4, 0.5) is 8.78 Å². The van der Waals surface area contributed by atoms with Gasteiger partial charge in [0.25, 0.3) is 0 Å². The molecule has 0 aliphatic carbocycles. The number of nitrogens with two attached hydrogens (primary N) is 1. The summed E-state index contributed by atoms with van der Waals surface area (Å²) >= 11 is 0. The number of ether oxygens (including phenoxy) is 2. The van der Waals surface area contributed by atoms with Crippen LogP contribution in [0.25, 0.3) is 0 Å². The maximum absolute atomic E-state index is 13.9. The van der Waals surface area contributed by atoms with E-state index in [0.29, 0.717) is 12.4 Å². The summed E-state index contributed by atoms with van der Waals surface area (Å²) in [6.45, 7) is 1.69. The number of rotatable bonds is 7. The number of halogens is 3. The molecule has 0 radical (unpaired) electrons. The lowest BCUT2D eigenvalue weighted by atomic mass is 10.0. The molecule has 0 aliphatic rings. The first kappa shape index (κ1) is 20.9. The molecule has 0 aromatic heterocycles. The zero-order chi connectivity index (χ0) is 17.6. The molecule has 0 spiro atoms. The minimum absolute atomic E-state index is 0. The molecule has 2 aromatic rings. The molecule has 2 N–H and O–H groups in total. The molecule has 0 unspecified atom stereocenters. The highest BCUT2D eigenvalue weighted by Crippen LogP contribution is 2.31. The van der Waals surface area contributed by atoms with E-state index in [1.165, 1.54) is 19.1 Å². The Morgan fingerprint density at radius 3 is 2.28 bits per heavy atom. The van der Waals surface area contributed by atoms with Gasteiger partial charge in [-0.3, -0.25) is 0 Å². The van der Waals surface area contributed by atoms with Crippen LogP contribution in [0.1, 0.15) is 24.1 Å². The molecule has 0 saturated heterocycles. The van der Waals surface area contributed by atoms with Gasteiger partial charge in [-0.15, -0.1) is 12.4 Å². The zero-order valence-electron chi connectivity index (χ0n) is 13.7. The fourth-order valence-corrected chi connectivity index (χ4v) is 2.08. The third kappa shape index (κ3) is 5.41. The Hall–Kier alpha value is -2.18. The Labute approximate surface area is 151 Å². The highest BCUT2D eigenvalue weighted by atomic mass is 35.5. The molecule has 7 heteroatoms. The molecular weight excluding hydrogens is 352 g/mol. The SMILES string of the molecule is CCOC(=O)C(F)(F)[C@@H](N)c1ccc(OCc2ccccc2)cc1.Cl. The third-order valence-corrected chi connectivity index (χ3v) is 3.43. The van der Waals surface area contributed by atoms with Crippen LogP contribution in [-0.2, 0) is 16.1 Å². The van der Waals surface area contributed by atoms with Crippen LogP contribution in [0, 0.1) is 0 Å². The monoisotopic (exact) mass is 371 g/mol. The van der Waals surface area contributed by atoms with Gasteiger partial charge in [0.05, 0.1) is 6.61 Å². The van der Waals surface area contributed by atoms with Crippen LogP contribution in [0.5, 0.6) is 5.75 Å². The Kier molecular flexibility index (Phi) is 7.80. The molecule has 2 aromatic carbocycles. The molecule has 0 saturated carbocycles. The van der Waals surface area contributed by atoms with Crippen molar-refractivity contribution in [2.75, 3.05) is 6.61 Å². The minimum atomic E-state index is -3.79. The number of carbonyl (C=O) groups is 1. The largest absolute Gasteiger partial charge is 0.489 e. The van der Waals surface area contributed by atoms with Crippen LogP contribution < -0.4 is 10.5 Å².